The predicted molar refractivity (Wildman–Crippen MR) is 237 cm³/mol. The highest BCUT2D eigenvalue weighted by Crippen LogP contribution is 2.42. The summed E-state index contributed by atoms with van der Waals surface area (Å²) in [4.78, 5) is 17.7. The Morgan fingerprint density at radius 1 is 0.407 bits per heavy atom. The summed E-state index contributed by atoms with van der Waals surface area (Å²) in [5.74, 6) is 0.916. The molecule has 0 aromatic carbocycles. The summed E-state index contributed by atoms with van der Waals surface area (Å²) in [6.45, 7) is 57.3. The van der Waals surface area contributed by atoms with Crippen molar-refractivity contribution in [2.24, 2.45) is 16.7 Å². The van der Waals surface area contributed by atoms with Crippen molar-refractivity contribution in [3.63, 3.8) is 0 Å². The van der Waals surface area contributed by atoms with Crippen molar-refractivity contribution in [3.05, 3.63) is 0 Å². The van der Waals surface area contributed by atoms with Gasteiger partial charge in [-0.1, -0.05) is 13.3 Å². The quantitative estimate of drug-likeness (QED) is 0.279. The van der Waals surface area contributed by atoms with Crippen molar-refractivity contribution < 1.29 is 0 Å². The average molecular weight is 761 g/mol. The van der Waals surface area contributed by atoms with Crippen LogP contribution in [0, 0.1) is 16.7 Å². The molecule has 8 heteroatoms. The molecule has 7 aliphatic rings. The molecule has 0 bridgehead atoms. The molecule has 2 spiro atoms. The van der Waals surface area contributed by atoms with Crippen LogP contribution in [0.15, 0.2) is 0 Å². The van der Waals surface area contributed by atoms with E-state index in [2.05, 4.69) is 164 Å². The topological polar surface area (TPSA) is 34.7 Å². The predicted octanol–water partition coefficient (Wildman–Crippen LogP) is 7.15. The van der Waals surface area contributed by atoms with E-state index in [1.165, 1.54) is 130 Å². The SMILES string of the molecule is CC(C)(C)N1CC2(CNC2)C1.CC(C)(C)N1CCCCC1.CC1CCN(C(C)(C)C)C1.CN1CC2(C1)CN(C(C)(C)C)C2.CN1CCN(C(C)(C)C)CC1. The molecular formula is C46H96N8. The molecule has 0 aromatic heterocycles. The summed E-state index contributed by atoms with van der Waals surface area (Å²) in [5.41, 5.74) is 3.32. The van der Waals surface area contributed by atoms with Gasteiger partial charge in [0.2, 0.25) is 0 Å². The van der Waals surface area contributed by atoms with Gasteiger partial charge in [0, 0.05) is 124 Å². The molecular weight excluding hydrogens is 665 g/mol. The van der Waals surface area contributed by atoms with Crippen molar-refractivity contribution >= 4 is 0 Å². The number of hydrogen-bond donors (Lipinski definition) is 1. The van der Waals surface area contributed by atoms with E-state index in [-0.39, 0.29) is 0 Å². The van der Waals surface area contributed by atoms with Crippen molar-refractivity contribution in [1.29, 1.82) is 0 Å². The van der Waals surface area contributed by atoms with Crippen LogP contribution in [0.1, 0.15) is 136 Å². The molecule has 7 rings (SSSR count). The fourth-order valence-corrected chi connectivity index (χ4v) is 9.06. The fraction of sp³-hybridized carbons (Fsp3) is 1.00. The van der Waals surface area contributed by atoms with Crippen LogP contribution in [0.25, 0.3) is 0 Å². The van der Waals surface area contributed by atoms with Crippen molar-refractivity contribution in [3.8, 4) is 0 Å². The smallest absolute Gasteiger partial charge is 0.0212 e. The minimum atomic E-state index is 0.362. The lowest BCUT2D eigenvalue weighted by atomic mass is 9.71. The zero-order chi connectivity index (χ0) is 41.0. The van der Waals surface area contributed by atoms with Crippen LogP contribution in [0.5, 0.6) is 0 Å². The Morgan fingerprint density at radius 2 is 0.796 bits per heavy atom. The van der Waals surface area contributed by atoms with Crippen molar-refractivity contribution in [1.82, 2.24) is 39.6 Å². The van der Waals surface area contributed by atoms with Gasteiger partial charge in [-0.05, 0) is 163 Å². The first kappa shape index (κ1) is 48.1. The van der Waals surface area contributed by atoms with Crippen LogP contribution >= 0.6 is 0 Å². The average Bonchev–Trinajstić information content (AvgIpc) is 3.40. The van der Waals surface area contributed by atoms with Crippen LogP contribution in [0.2, 0.25) is 0 Å². The molecule has 7 fully saturated rings. The van der Waals surface area contributed by atoms with Gasteiger partial charge in [-0.3, -0.25) is 24.5 Å². The third-order valence-corrected chi connectivity index (χ3v) is 13.3. The summed E-state index contributed by atoms with van der Waals surface area (Å²) in [5, 5.41) is 3.35. The van der Waals surface area contributed by atoms with Crippen LogP contribution in [0.4, 0.5) is 0 Å². The van der Waals surface area contributed by atoms with E-state index in [0.29, 0.717) is 38.5 Å². The highest BCUT2D eigenvalue weighted by Gasteiger charge is 2.52. The first-order valence-electron chi connectivity index (χ1n) is 22.4. The largest absolute Gasteiger partial charge is 0.315 e. The number of piperidine rings is 1. The summed E-state index contributed by atoms with van der Waals surface area (Å²) in [7, 11) is 4.41. The first-order chi connectivity index (χ1) is 24.5. The molecule has 7 aliphatic heterocycles. The van der Waals surface area contributed by atoms with E-state index in [0.717, 1.165) is 5.92 Å². The lowest BCUT2D eigenvalue weighted by Crippen LogP contribution is -2.73. The molecule has 0 aromatic rings. The highest BCUT2D eigenvalue weighted by molar-refractivity contribution is 5.08. The summed E-state index contributed by atoms with van der Waals surface area (Å²) >= 11 is 0. The van der Waals surface area contributed by atoms with E-state index in [4.69, 9.17) is 0 Å². The maximum Gasteiger partial charge on any atom is 0.0212 e. The molecule has 1 unspecified atom stereocenters. The van der Waals surface area contributed by atoms with Gasteiger partial charge in [-0.25, -0.2) is 0 Å². The Kier molecular flexibility index (Phi) is 16.7. The van der Waals surface area contributed by atoms with Gasteiger partial charge in [0.15, 0.2) is 0 Å². The molecule has 1 N–H and O–H groups in total. The van der Waals surface area contributed by atoms with Gasteiger partial charge in [0.25, 0.3) is 0 Å². The Morgan fingerprint density at radius 3 is 1.07 bits per heavy atom. The zero-order valence-electron chi connectivity index (χ0n) is 39.8. The van der Waals surface area contributed by atoms with Crippen molar-refractivity contribution in [2.45, 2.75) is 164 Å². The molecule has 7 heterocycles. The van der Waals surface area contributed by atoms with Gasteiger partial charge in [-0.2, -0.15) is 0 Å². The van der Waals surface area contributed by atoms with E-state index in [1.54, 1.807) is 0 Å². The zero-order valence-corrected chi connectivity index (χ0v) is 39.8. The minimum absolute atomic E-state index is 0.362. The highest BCUT2D eigenvalue weighted by atomic mass is 15.3. The van der Waals surface area contributed by atoms with E-state index >= 15 is 0 Å². The maximum atomic E-state index is 3.35. The lowest BCUT2D eigenvalue weighted by molar-refractivity contribution is -0.136. The molecule has 320 valence electrons. The standard InChI is InChI=1S/C10H20N2.C9H18N2.C9H20N2.2C9H19N/c1-9(2,3)12-7-10(8-12)5-11(4)6-10;1-8(2,3)11-6-9(7-11)4-10-5-9;1-9(2,3)11-7-5-10(4)6-8-11;1-8-5-6-10(7-8)9(2,3)4;1-9(2,3)10-7-5-4-6-8-10/h5-8H2,1-4H3;10H,4-7H2,1-3H3;5-8H2,1-4H3;8H,5-7H2,1-4H3;4-8H2,1-3H3. The number of likely N-dealkylation sites (N-methyl/N-ethyl adjacent to an activating group) is 1. The lowest BCUT2D eigenvalue weighted by Gasteiger charge is -2.63. The Labute approximate surface area is 338 Å². The minimum Gasteiger partial charge on any atom is -0.315 e. The van der Waals surface area contributed by atoms with Gasteiger partial charge in [-0.15, -0.1) is 0 Å². The second-order valence-corrected chi connectivity index (χ2v) is 24.0. The monoisotopic (exact) mass is 761 g/mol. The van der Waals surface area contributed by atoms with Crippen LogP contribution in [-0.2, 0) is 0 Å². The first-order valence-corrected chi connectivity index (χ1v) is 22.4. The molecule has 0 radical (unpaired) electrons. The third kappa shape index (κ3) is 14.8. The van der Waals surface area contributed by atoms with E-state index in [1.807, 2.05) is 0 Å². The summed E-state index contributed by atoms with van der Waals surface area (Å²) < 4.78 is 0. The molecule has 8 nitrogen and oxygen atoms in total. The number of nitrogens with one attached hydrogen (secondary N) is 1. The fourth-order valence-electron chi connectivity index (χ4n) is 9.06. The van der Waals surface area contributed by atoms with Crippen LogP contribution in [0.3, 0.4) is 0 Å². The maximum absolute atomic E-state index is 3.35. The van der Waals surface area contributed by atoms with Gasteiger partial charge in [0.1, 0.15) is 0 Å². The Bertz CT molecular complexity index is 1050. The number of piperazine rings is 1. The number of nitrogens with zero attached hydrogens (tertiary/aromatic N) is 7. The Balaban J connectivity index is 0.000000182. The summed E-state index contributed by atoms with van der Waals surface area (Å²) in [6.07, 6.45) is 5.62. The molecule has 0 saturated carbocycles. The van der Waals surface area contributed by atoms with Gasteiger partial charge in [0.05, 0.1) is 0 Å². The van der Waals surface area contributed by atoms with Crippen molar-refractivity contribution in [2.75, 3.05) is 119 Å². The molecule has 1 atom stereocenters. The Hall–Kier alpha value is -0.320. The second kappa shape index (κ2) is 18.7. The molecule has 0 amide bonds. The van der Waals surface area contributed by atoms with E-state index in [9.17, 15) is 0 Å². The van der Waals surface area contributed by atoms with Crippen LogP contribution < -0.4 is 5.32 Å². The number of rotatable bonds is 0. The molecule has 54 heavy (non-hydrogen) atoms. The molecule has 0 aliphatic carbocycles. The number of hydrogen-bond acceptors (Lipinski definition) is 8. The van der Waals surface area contributed by atoms with Gasteiger partial charge >= 0.3 is 0 Å². The van der Waals surface area contributed by atoms with Gasteiger partial charge < -0.3 is 15.1 Å². The normalized spacial score (nSPS) is 27.3. The van der Waals surface area contributed by atoms with E-state index < -0.39 is 0 Å². The van der Waals surface area contributed by atoms with Crippen LogP contribution in [-0.4, -0.2) is 181 Å². The third-order valence-electron chi connectivity index (χ3n) is 13.3. The second-order valence-electron chi connectivity index (χ2n) is 24.0. The summed E-state index contributed by atoms with van der Waals surface area (Å²) in [6, 6.07) is 0. The number of likely N-dealkylation sites (tertiary alicyclic amines) is 5. The molecule has 7 saturated heterocycles.